The molecule has 116 valence electrons. The molecule has 0 rings (SSSR count). The highest BCUT2D eigenvalue weighted by molar-refractivity contribution is 7.91. The van der Waals surface area contributed by atoms with Gasteiger partial charge in [-0.25, -0.2) is 8.42 Å². The summed E-state index contributed by atoms with van der Waals surface area (Å²) in [5.41, 5.74) is 0. The van der Waals surface area contributed by atoms with Gasteiger partial charge < -0.3 is 15.2 Å². The van der Waals surface area contributed by atoms with Crippen molar-refractivity contribution >= 4 is 9.84 Å². The Morgan fingerprint density at radius 1 is 1.26 bits per heavy atom. The van der Waals surface area contributed by atoms with Crippen LogP contribution in [0.15, 0.2) is 0 Å². The van der Waals surface area contributed by atoms with Crippen LogP contribution in [0.3, 0.4) is 0 Å². The molecule has 2 N–H and O–H groups in total. The normalized spacial score (nSPS) is 15.7. The van der Waals surface area contributed by atoms with Crippen molar-refractivity contribution in [3.63, 3.8) is 0 Å². The van der Waals surface area contributed by atoms with Crippen LogP contribution < -0.4 is 5.32 Å². The summed E-state index contributed by atoms with van der Waals surface area (Å²) in [7, 11) is -2.93. The van der Waals surface area contributed by atoms with E-state index in [1.807, 2.05) is 6.92 Å². The monoisotopic (exact) mass is 295 g/mol. The van der Waals surface area contributed by atoms with E-state index < -0.39 is 15.9 Å². The van der Waals surface area contributed by atoms with E-state index in [0.29, 0.717) is 19.0 Å². The van der Waals surface area contributed by atoms with Crippen LogP contribution in [0.4, 0.5) is 0 Å². The van der Waals surface area contributed by atoms with Crippen LogP contribution in [0.25, 0.3) is 0 Å². The lowest BCUT2D eigenvalue weighted by atomic mass is 10.1. The molecule has 19 heavy (non-hydrogen) atoms. The Balaban J connectivity index is 3.62. The van der Waals surface area contributed by atoms with Gasteiger partial charge in [0.05, 0.1) is 24.6 Å². The Kier molecular flexibility index (Phi) is 9.60. The summed E-state index contributed by atoms with van der Waals surface area (Å²) in [6.07, 6.45) is 0.503. The van der Waals surface area contributed by atoms with Crippen LogP contribution in [0.2, 0.25) is 0 Å². The summed E-state index contributed by atoms with van der Waals surface area (Å²) in [6.45, 7) is 8.89. The lowest BCUT2D eigenvalue weighted by Gasteiger charge is -2.18. The molecular weight excluding hydrogens is 266 g/mol. The fraction of sp³-hybridized carbons (Fsp3) is 1.00. The summed E-state index contributed by atoms with van der Waals surface area (Å²) in [5.74, 6) is 0.845. The molecule has 0 amide bonds. The van der Waals surface area contributed by atoms with Gasteiger partial charge in [0.15, 0.2) is 9.84 Å². The molecule has 2 unspecified atom stereocenters. The Bertz CT molecular complexity index is 317. The van der Waals surface area contributed by atoms with E-state index in [4.69, 9.17) is 4.74 Å². The number of nitrogens with one attached hydrogen (secondary N) is 1. The minimum Gasteiger partial charge on any atom is -0.389 e. The highest BCUT2D eigenvalue weighted by atomic mass is 32.2. The van der Waals surface area contributed by atoms with Gasteiger partial charge in [-0.1, -0.05) is 20.8 Å². The number of aliphatic hydroxyl groups is 1. The Hall–Kier alpha value is -0.170. The molecule has 0 spiro atoms. The number of hydrogen-bond acceptors (Lipinski definition) is 5. The van der Waals surface area contributed by atoms with Gasteiger partial charge in [-0.2, -0.15) is 0 Å². The van der Waals surface area contributed by atoms with Crippen molar-refractivity contribution in [1.82, 2.24) is 5.32 Å². The summed E-state index contributed by atoms with van der Waals surface area (Å²) in [5, 5.41) is 12.6. The molecule has 0 aliphatic rings. The number of ether oxygens (including phenoxy) is 1. The Labute approximate surface area is 117 Å². The zero-order valence-electron chi connectivity index (χ0n) is 12.6. The second kappa shape index (κ2) is 9.69. The Morgan fingerprint density at radius 3 is 2.42 bits per heavy atom. The molecule has 0 aromatic rings. The molecule has 0 aliphatic heterocycles. The van der Waals surface area contributed by atoms with E-state index in [9.17, 15) is 13.5 Å². The van der Waals surface area contributed by atoms with Crippen LogP contribution >= 0.6 is 0 Å². The molecule has 0 saturated carbocycles. The van der Waals surface area contributed by atoms with Crippen molar-refractivity contribution in [3.8, 4) is 0 Å². The van der Waals surface area contributed by atoms with E-state index in [1.165, 1.54) is 0 Å². The van der Waals surface area contributed by atoms with Crippen molar-refractivity contribution < 1.29 is 18.3 Å². The molecule has 5 nitrogen and oxygen atoms in total. The van der Waals surface area contributed by atoms with Gasteiger partial charge in [-0.15, -0.1) is 0 Å². The summed E-state index contributed by atoms with van der Waals surface area (Å²) < 4.78 is 28.0. The van der Waals surface area contributed by atoms with Crippen molar-refractivity contribution in [1.29, 1.82) is 0 Å². The van der Waals surface area contributed by atoms with Crippen LogP contribution in [-0.4, -0.2) is 56.9 Å². The zero-order chi connectivity index (χ0) is 14.9. The summed E-state index contributed by atoms with van der Waals surface area (Å²) in [6, 6.07) is 0. The standard InChI is InChI=1S/C13H29NO4S/c1-5-19(16,17)7-6-14-9-13(15)10-18-12(4)8-11(2)3/h11-15H,5-10H2,1-4H3. The number of aliphatic hydroxyl groups excluding tert-OH is 1. The Morgan fingerprint density at radius 2 is 1.89 bits per heavy atom. The second-order valence-corrected chi connectivity index (χ2v) is 7.84. The molecule has 0 saturated heterocycles. The third-order valence-corrected chi connectivity index (χ3v) is 4.49. The van der Waals surface area contributed by atoms with Crippen LogP contribution in [0.1, 0.15) is 34.1 Å². The summed E-state index contributed by atoms with van der Waals surface area (Å²) in [4.78, 5) is 0. The average Bonchev–Trinajstić information content (AvgIpc) is 2.31. The van der Waals surface area contributed by atoms with Gasteiger partial charge in [-0.3, -0.25) is 0 Å². The third-order valence-electron chi connectivity index (χ3n) is 2.79. The van der Waals surface area contributed by atoms with Gasteiger partial charge in [0.2, 0.25) is 0 Å². The molecule has 0 bridgehead atoms. The van der Waals surface area contributed by atoms with Crippen molar-refractivity contribution in [2.24, 2.45) is 5.92 Å². The van der Waals surface area contributed by atoms with Gasteiger partial charge in [0, 0.05) is 18.8 Å². The zero-order valence-corrected chi connectivity index (χ0v) is 13.4. The predicted molar refractivity (Wildman–Crippen MR) is 78.1 cm³/mol. The van der Waals surface area contributed by atoms with Crippen molar-refractivity contribution in [2.45, 2.75) is 46.3 Å². The van der Waals surface area contributed by atoms with E-state index in [-0.39, 0.29) is 24.2 Å². The average molecular weight is 295 g/mol. The molecule has 0 fully saturated rings. The molecule has 0 aromatic heterocycles. The number of sulfone groups is 1. The minimum atomic E-state index is -2.93. The van der Waals surface area contributed by atoms with Crippen molar-refractivity contribution in [3.05, 3.63) is 0 Å². The van der Waals surface area contributed by atoms with E-state index in [2.05, 4.69) is 19.2 Å². The van der Waals surface area contributed by atoms with E-state index >= 15 is 0 Å². The lowest BCUT2D eigenvalue weighted by molar-refractivity contribution is -0.00829. The fourth-order valence-corrected chi connectivity index (χ4v) is 2.45. The van der Waals surface area contributed by atoms with Gasteiger partial charge in [0.1, 0.15) is 0 Å². The van der Waals surface area contributed by atoms with E-state index in [1.54, 1.807) is 6.92 Å². The van der Waals surface area contributed by atoms with Crippen LogP contribution in [-0.2, 0) is 14.6 Å². The van der Waals surface area contributed by atoms with Crippen LogP contribution in [0, 0.1) is 5.92 Å². The highest BCUT2D eigenvalue weighted by Crippen LogP contribution is 2.07. The molecule has 0 aromatic carbocycles. The maximum Gasteiger partial charge on any atom is 0.151 e. The van der Waals surface area contributed by atoms with Gasteiger partial charge in [0.25, 0.3) is 0 Å². The molecule has 0 aliphatic carbocycles. The highest BCUT2D eigenvalue weighted by Gasteiger charge is 2.10. The molecule has 6 heteroatoms. The predicted octanol–water partition coefficient (Wildman–Crippen LogP) is 0.823. The largest absolute Gasteiger partial charge is 0.389 e. The maximum atomic E-state index is 11.2. The molecule has 0 radical (unpaired) electrons. The van der Waals surface area contributed by atoms with Gasteiger partial charge in [-0.05, 0) is 19.3 Å². The fourth-order valence-electron chi connectivity index (χ4n) is 1.71. The van der Waals surface area contributed by atoms with E-state index in [0.717, 1.165) is 6.42 Å². The number of rotatable bonds is 11. The van der Waals surface area contributed by atoms with Crippen molar-refractivity contribution in [2.75, 3.05) is 31.2 Å². The SMILES string of the molecule is CCS(=O)(=O)CCNCC(O)COC(C)CC(C)C. The first-order valence-electron chi connectivity index (χ1n) is 6.97. The quantitative estimate of drug-likeness (QED) is 0.552. The first kappa shape index (κ1) is 18.8. The van der Waals surface area contributed by atoms with Gasteiger partial charge >= 0.3 is 0 Å². The lowest BCUT2D eigenvalue weighted by Crippen LogP contribution is -2.34. The number of hydrogen-bond donors (Lipinski definition) is 2. The minimum absolute atomic E-state index is 0.112. The first-order valence-corrected chi connectivity index (χ1v) is 8.79. The van der Waals surface area contributed by atoms with Crippen LogP contribution in [0.5, 0.6) is 0 Å². The maximum absolute atomic E-state index is 11.2. The third kappa shape index (κ3) is 11.4. The molecular formula is C13H29NO4S. The first-order chi connectivity index (χ1) is 8.76. The topological polar surface area (TPSA) is 75.6 Å². The smallest absolute Gasteiger partial charge is 0.151 e. The molecule has 0 heterocycles. The molecule has 2 atom stereocenters. The summed E-state index contributed by atoms with van der Waals surface area (Å²) >= 11 is 0. The second-order valence-electron chi connectivity index (χ2n) is 5.37.